The molecule has 2 heteroatoms. The Morgan fingerprint density at radius 3 is 2.89 bits per heavy atom. The van der Waals surface area contributed by atoms with Crippen molar-refractivity contribution in [1.82, 2.24) is 0 Å². The van der Waals surface area contributed by atoms with E-state index in [2.05, 4.69) is 6.58 Å². The molecule has 0 radical (unpaired) electrons. The second-order valence-electron chi connectivity index (χ2n) is 1.84. The molecule has 0 unspecified atom stereocenters. The van der Waals surface area contributed by atoms with E-state index < -0.39 is 0 Å². The summed E-state index contributed by atoms with van der Waals surface area (Å²) in [5.74, 6) is 0. The highest BCUT2D eigenvalue weighted by atomic mass is 16.5. The van der Waals surface area contributed by atoms with Crippen molar-refractivity contribution in [3.8, 4) is 6.07 Å². The molecule has 0 aliphatic rings. The van der Waals surface area contributed by atoms with Gasteiger partial charge in [-0.05, 0) is 6.42 Å². The number of hydrogen-bond donors (Lipinski definition) is 0. The van der Waals surface area contributed by atoms with Crippen molar-refractivity contribution in [1.29, 1.82) is 5.26 Å². The highest BCUT2D eigenvalue weighted by molar-refractivity contribution is 4.96. The minimum absolute atomic E-state index is 0.544. The van der Waals surface area contributed by atoms with E-state index in [9.17, 15) is 0 Å². The average Bonchev–Trinajstić information content (AvgIpc) is 1.85. The van der Waals surface area contributed by atoms with E-state index in [1.807, 2.05) is 6.07 Å². The van der Waals surface area contributed by atoms with Crippen molar-refractivity contribution in [2.75, 3.05) is 13.7 Å². The Morgan fingerprint density at radius 1 is 1.78 bits per heavy atom. The molecule has 0 heterocycles. The standard InChI is InChI=1S/C7H11NO/c1-7(6-9-2)4-3-5-8/h1,3-4,6H2,2H3. The van der Waals surface area contributed by atoms with Crippen LogP contribution in [0.2, 0.25) is 0 Å². The minimum atomic E-state index is 0.544. The number of ether oxygens (including phenoxy) is 1. The van der Waals surface area contributed by atoms with Crippen LogP contribution in [-0.2, 0) is 4.74 Å². The smallest absolute Gasteiger partial charge is 0.0670 e. The normalized spacial score (nSPS) is 8.44. The van der Waals surface area contributed by atoms with Gasteiger partial charge in [0.2, 0.25) is 0 Å². The summed E-state index contributed by atoms with van der Waals surface area (Å²) in [6.07, 6.45) is 1.30. The van der Waals surface area contributed by atoms with Gasteiger partial charge < -0.3 is 4.74 Å². The van der Waals surface area contributed by atoms with E-state index >= 15 is 0 Å². The van der Waals surface area contributed by atoms with Crippen LogP contribution in [0.3, 0.4) is 0 Å². The molecule has 0 atom stereocenters. The first kappa shape index (κ1) is 8.19. The molecule has 0 aromatic heterocycles. The van der Waals surface area contributed by atoms with Crippen molar-refractivity contribution in [3.63, 3.8) is 0 Å². The maximum atomic E-state index is 8.15. The number of rotatable bonds is 4. The Hall–Kier alpha value is -0.810. The molecule has 0 aromatic rings. The topological polar surface area (TPSA) is 33.0 Å². The number of methoxy groups -OCH3 is 1. The van der Waals surface area contributed by atoms with Crippen LogP contribution in [0, 0.1) is 11.3 Å². The Balaban J connectivity index is 3.19. The molecule has 9 heavy (non-hydrogen) atoms. The Kier molecular flexibility index (Phi) is 4.85. The lowest BCUT2D eigenvalue weighted by molar-refractivity contribution is 0.223. The van der Waals surface area contributed by atoms with Gasteiger partial charge in [-0.3, -0.25) is 0 Å². The molecule has 0 saturated carbocycles. The van der Waals surface area contributed by atoms with Gasteiger partial charge in [0.15, 0.2) is 0 Å². The van der Waals surface area contributed by atoms with Crippen LogP contribution in [0.1, 0.15) is 12.8 Å². The van der Waals surface area contributed by atoms with E-state index in [1.165, 1.54) is 0 Å². The van der Waals surface area contributed by atoms with Crippen LogP contribution >= 0.6 is 0 Å². The first-order valence-electron chi connectivity index (χ1n) is 2.83. The first-order chi connectivity index (χ1) is 4.31. The number of hydrogen-bond acceptors (Lipinski definition) is 2. The summed E-state index contributed by atoms with van der Waals surface area (Å²) in [4.78, 5) is 0. The molecule has 0 aromatic carbocycles. The fourth-order valence-corrected chi connectivity index (χ4v) is 0.509. The molecule has 0 saturated heterocycles. The van der Waals surface area contributed by atoms with Crippen molar-refractivity contribution < 1.29 is 4.74 Å². The molecular weight excluding hydrogens is 114 g/mol. The molecular formula is C7H11NO. The molecule has 0 rings (SSSR count). The van der Waals surface area contributed by atoms with Crippen LogP contribution in [0.15, 0.2) is 12.2 Å². The van der Waals surface area contributed by atoms with Gasteiger partial charge >= 0.3 is 0 Å². The molecule has 0 amide bonds. The summed E-state index contributed by atoms with van der Waals surface area (Å²) in [5.41, 5.74) is 0.985. The number of nitrogens with zero attached hydrogens (tertiary/aromatic N) is 1. The monoisotopic (exact) mass is 125 g/mol. The fraction of sp³-hybridized carbons (Fsp3) is 0.571. The van der Waals surface area contributed by atoms with Gasteiger partial charge in [0.25, 0.3) is 0 Å². The summed E-state index contributed by atoms with van der Waals surface area (Å²) in [7, 11) is 1.62. The van der Waals surface area contributed by atoms with E-state index in [-0.39, 0.29) is 0 Å². The van der Waals surface area contributed by atoms with Gasteiger partial charge in [-0.1, -0.05) is 12.2 Å². The molecule has 0 spiro atoms. The van der Waals surface area contributed by atoms with Gasteiger partial charge in [0, 0.05) is 13.5 Å². The van der Waals surface area contributed by atoms with Crippen molar-refractivity contribution in [3.05, 3.63) is 12.2 Å². The summed E-state index contributed by atoms with van der Waals surface area (Å²) in [5, 5.41) is 8.15. The fourth-order valence-electron chi connectivity index (χ4n) is 0.509. The predicted octanol–water partition coefficient (Wildman–Crippen LogP) is 1.49. The zero-order chi connectivity index (χ0) is 7.11. The second kappa shape index (κ2) is 5.33. The van der Waals surface area contributed by atoms with Gasteiger partial charge in [-0.15, -0.1) is 0 Å². The van der Waals surface area contributed by atoms with E-state index in [1.54, 1.807) is 7.11 Å². The van der Waals surface area contributed by atoms with Crippen LogP contribution in [-0.4, -0.2) is 13.7 Å². The summed E-state index contributed by atoms with van der Waals surface area (Å²) in [6, 6.07) is 2.04. The van der Waals surface area contributed by atoms with Crippen molar-refractivity contribution in [2.45, 2.75) is 12.8 Å². The zero-order valence-corrected chi connectivity index (χ0v) is 5.68. The van der Waals surface area contributed by atoms with Crippen LogP contribution in [0.4, 0.5) is 0 Å². The predicted molar refractivity (Wildman–Crippen MR) is 35.9 cm³/mol. The highest BCUT2D eigenvalue weighted by Gasteiger charge is 1.90. The minimum Gasteiger partial charge on any atom is -0.380 e. The maximum absolute atomic E-state index is 8.15. The van der Waals surface area contributed by atoms with Crippen molar-refractivity contribution in [2.24, 2.45) is 0 Å². The van der Waals surface area contributed by atoms with Crippen LogP contribution in [0.5, 0.6) is 0 Å². The molecule has 0 N–H and O–H groups in total. The lowest BCUT2D eigenvalue weighted by Gasteiger charge is -1.98. The summed E-state index contributed by atoms with van der Waals surface area (Å²) < 4.78 is 4.79. The van der Waals surface area contributed by atoms with E-state index in [0.29, 0.717) is 13.0 Å². The number of nitriles is 1. The third kappa shape index (κ3) is 5.05. The molecule has 50 valence electrons. The molecule has 2 nitrogen and oxygen atoms in total. The van der Waals surface area contributed by atoms with Crippen molar-refractivity contribution >= 4 is 0 Å². The zero-order valence-electron chi connectivity index (χ0n) is 5.68. The van der Waals surface area contributed by atoms with E-state index in [0.717, 1.165) is 12.0 Å². The maximum Gasteiger partial charge on any atom is 0.0670 e. The Bertz CT molecular complexity index is 123. The van der Waals surface area contributed by atoms with Crippen LogP contribution in [0.25, 0.3) is 0 Å². The first-order valence-corrected chi connectivity index (χ1v) is 2.83. The van der Waals surface area contributed by atoms with Gasteiger partial charge in [-0.2, -0.15) is 5.26 Å². The lowest BCUT2D eigenvalue weighted by atomic mass is 10.2. The van der Waals surface area contributed by atoms with E-state index in [4.69, 9.17) is 10.00 Å². The van der Waals surface area contributed by atoms with Gasteiger partial charge in [0.1, 0.15) is 0 Å². The largest absolute Gasteiger partial charge is 0.380 e. The molecule has 0 fully saturated rings. The van der Waals surface area contributed by atoms with Crippen LogP contribution < -0.4 is 0 Å². The van der Waals surface area contributed by atoms with Gasteiger partial charge in [-0.25, -0.2) is 0 Å². The lowest BCUT2D eigenvalue weighted by Crippen LogP contribution is -1.91. The molecule has 0 aliphatic carbocycles. The average molecular weight is 125 g/mol. The Morgan fingerprint density at radius 2 is 2.44 bits per heavy atom. The summed E-state index contributed by atoms with van der Waals surface area (Å²) in [6.45, 7) is 4.28. The second-order valence-corrected chi connectivity index (χ2v) is 1.84. The SMILES string of the molecule is C=C(CCC#N)COC. The molecule has 0 bridgehead atoms. The summed E-state index contributed by atoms with van der Waals surface area (Å²) >= 11 is 0. The van der Waals surface area contributed by atoms with Gasteiger partial charge in [0.05, 0.1) is 12.7 Å². The quantitative estimate of drug-likeness (QED) is 0.533. The Labute approximate surface area is 55.7 Å². The molecule has 0 aliphatic heterocycles. The highest BCUT2D eigenvalue weighted by Crippen LogP contribution is 2.00. The third-order valence-electron chi connectivity index (χ3n) is 0.939. The third-order valence-corrected chi connectivity index (χ3v) is 0.939.